The Balaban J connectivity index is 2.54. The Morgan fingerprint density at radius 3 is 3.00 bits per heavy atom. The van der Waals surface area contributed by atoms with Gasteiger partial charge in [-0.3, -0.25) is 9.88 Å². The minimum Gasteiger partial charge on any atom is -0.397 e. The molecule has 0 bridgehead atoms. The molecule has 64 valence electrons. The first-order valence-electron chi connectivity index (χ1n) is 4.10. The third kappa shape index (κ3) is 0.975. The standard InChI is InChI=1S/C9H13N3/c1-6-9(10)8-5-12(2)4-7(8)3-11-6/h3H,4-5,10H2,1-2H3. The van der Waals surface area contributed by atoms with E-state index in [2.05, 4.69) is 16.9 Å². The van der Waals surface area contributed by atoms with Gasteiger partial charge >= 0.3 is 0 Å². The maximum Gasteiger partial charge on any atom is 0.0605 e. The molecule has 0 radical (unpaired) electrons. The fourth-order valence-electron chi connectivity index (χ4n) is 1.65. The van der Waals surface area contributed by atoms with Crippen molar-refractivity contribution in [2.45, 2.75) is 20.0 Å². The highest BCUT2D eigenvalue weighted by Gasteiger charge is 2.18. The summed E-state index contributed by atoms with van der Waals surface area (Å²) in [6.45, 7) is 3.89. The van der Waals surface area contributed by atoms with Crippen molar-refractivity contribution < 1.29 is 0 Å². The van der Waals surface area contributed by atoms with Gasteiger partial charge in [0.1, 0.15) is 0 Å². The van der Waals surface area contributed by atoms with Crippen LogP contribution in [0.4, 0.5) is 5.69 Å². The van der Waals surface area contributed by atoms with Crippen molar-refractivity contribution in [2.24, 2.45) is 0 Å². The van der Waals surface area contributed by atoms with Crippen molar-refractivity contribution in [3.05, 3.63) is 23.0 Å². The lowest BCUT2D eigenvalue weighted by molar-refractivity contribution is 0.353. The Kier molecular flexibility index (Phi) is 1.54. The van der Waals surface area contributed by atoms with Gasteiger partial charge in [-0.05, 0) is 25.1 Å². The molecule has 0 saturated heterocycles. The first-order valence-corrected chi connectivity index (χ1v) is 4.10. The summed E-state index contributed by atoms with van der Waals surface area (Å²) >= 11 is 0. The SMILES string of the molecule is Cc1ncc2c(c1N)CN(C)C2. The predicted molar refractivity (Wildman–Crippen MR) is 48.6 cm³/mol. The molecular formula is C9H13N3. The molecule has 1 aromatic heterocycles. The van der Waals surface area contributed by atoms with Crippen LogP contribution < -0.4 is 5.73 Å². The molecule has 1 aliphatic rings. The molecule has 2 N–H and O–H groups in total. The second kappa shape index (κ2) is 2.45. The largest absolute Gasteiger partial charge is 0.397 e. The number of nitrogen functional groups attached to an aromatic ring is 1. The molecule has 0 fully saturated rings. The Morgan fingerprint density at radius 1 is 1.50 bits per heavy atom. The van der Waals surface area contributed by atoms with Crippen LogP contribution in [0.25, 0.3) is 0 Å². The van der Waals surface area contributed by atoms with Gasteiger partial charge in [0.2, 0.25) is 0 Å². The number of rotatable bonds is 0. The van der Waals surface area contributed by atoms with E-state index in [4.69, 9.17) is 5.73 Å². The molecule has 0 saturated carbocycles. The van der Waals surface area contributed by atoms with E-state index in [1.807, 2.05) is 13.1 Å². The van der Waals surface area contributed by atoms with Gasteiger partial charge in [0.25, 0.3) is 0 Å². The number of nitrogens with two attached hydrogens (primary N) is 1. The molecule has 1 aromatic rings. The average Bonchev–Trinajstić information content (AvgIpc) is 2.39. The van der Waals surface area contributed by atoms with Crippen LogP contribution in [0.5, 0.6) is 0 Å². The van der Waals surface area contributed by atoms with E-state index in [0.29, 0.717) is 0 Å². The van der Waals surface area contributed by atoms with E-state index >= 15 is 0 Å². The van der Waals surface area contributed by atoms with Crippen molar-refractivity contribution in [1.29, 1.82) is 0 Å². The maximum atomic E-state index is 5.91. The zero-order chi connectivity index (χ0) is 8.72. The number of aromatic nitrogens is 1. The minimum absolute atomic E-state index is 0.872. The van der Waals surface area contributed by atoms with Gasteiger partial charge in [0.15, 0.2) is 0 Å². The normalized spacial score (nSPS) is 16.5. The van der Waals surface area contributed by atoms with Crippen LogP contribution in [0.1, 0.15) is 16.8 Å². The molecule has 0 aromatic carbocycles. The molecule has 12 heavy (non-hydrogen) atoms. The van der Waals surface area contributed by atoms with E-state index in [1.54, 1.807) is 0 Å². The minimum atomic E-state index is 0.872. The molecule has 3 nitrogen and oxygen atoms in total. The highest BCUT2D eigenvalue weighted by atomic mass is 15.1. The summed E-state index contributed by atoms with van der Waals surface area (Å²) in [5.41, 5.74) is 10.3. The van der Waals surface area contributed by atoms with Crippen LogP contribution in [0.3, 0.4) is 0 Å². The van der Waals surface area contributed by atoms with Crippen LogP contribution in [0, 0.1) is 6.92 Å². The number of anilines is 1. The lowest BCUT2D eigenvalue weighted by atomic mass is 10.1. The zero-order valence-electron chi connectivity index (χ0n) is 7.46. The number of hydrogen-bond donors (Lipinski definition) is 1. The lowest BCUT2D eigenvalue weighted by Crippen LogP contribution is -2.08. The third-order valence-electron chi connectivity index (χ3n) is 2.38. The van der Waals surface area contributed by atoms with Crippen LogP contribution in [0.2, 0.25) is 0 Å². The number of pyridine rings is 1. The third-order valence-corrected chi connectivity index (χ3v) is 2.38. The van der Waals surface area contributed by atoms with Crippen LogP contribution in [0.15, 0.2) is 6.20 Å². The Labute approximate surface area is 72.2 Å². The van der Waals surface area contributed by atoms with Crippen LogP contribution in [-0.4, -0.2) is 16.9 Å². The topological polar surface area (TPSA) is 42.1 Å². The van der Waals surface area contributed by atoms with Crippen LogP contribution in [-0.2, 0) is 13.1 Å². The second-order valence-electron chi connectivity index (χ2n) is 3.43. The predicted octanol–water partition coefficient (Wildman–Crippen LogP) is 0.918. The fourth-order valence-corrected chi connectivity index (χ4v) is 1.65. The van der Waals surface area contributed by atoms with Crippen molar-refractivity contribution in [1.82, 2.24) is 9.88 Å². The van der Waals surface area contributed by atoms with Crippen molar-refractivity contribution in [2.75, 3.05) is 12.8 Å². The first-order chi connectivity index (χ1) is 5.68. The highest BCUT2D eigenvalue weighted by Crippen LogP contribution is 2.26. The zero-order valence-corrected chi connectivity index (χ0v) is 7.46. The van der Waals surface area contributed by atoms with Gasteiger partial charge in [0.05, 0.1) is 11.4 Å². The van der Waals surface area contributed by atoms with Gasteiger partial charge < -0.3 is 5.73 Å². The molecule has 0 unspecified atom stereocenters. The van der Waals surface area contributed by atoms with E-state index in [1.165, 1.54) is 11.1 Å². The molecular weight excluding hydrogens is 150 g/mol. The smallest absolute Gasteiger partial charge is 0.0605 e. The van der Waals surface area contributed by atoms with E-state index in [-0.39, 0.29) is 0 Å². The highest BCUT2D eigenvalue weighted by molar-refractivity contribution is 5.54. The molecule has 2 rings (SSSR count). The lowest BCUT2D eigenvalue weighted by Gasteiger charge is -2.05. The quantitative estimate of drug-likeness (QED) is 0.618. The summed E-state index contributed by atoms with van der Waals surface area (Å²) in [5.74, 6) is 0. The van der Waals surface area contributed by atoms with Crippen molar-refractivity contribution >= 4 is 5.69 Å². The number of aryl methyl sites for hydroxylation is 1. The molecule has 3 heteroatoms. The number of hydrogen-bond acceptors (Lipinski definition) is 3. The molecule has 1 aliphatic heterocycles. The van der Waals surface area contributed by atoms with E-state index in [0.717, 1.165) is 24.5 Å². The monoisotopic (exact) mass is 163 g/mol. The number of nitrogens with zero attached hydrogens (tertiary/aromatic N) is 2. The summed E-state index contributed by atoms with van der Waals surface area (Å²) in [5, 5.41) is 0. The van der Waals surface area contributed by atoms with E-state index < -0.39 is 0 Å². The summed E-state index contributed by atoms with van der Waals surface area (Å²) in [6, 6.07) is 0. The van der Waals surface area contributed by atoms with Gasteiger partial charge in [-0.1, -0.05) is 0 Å². The van der Waals surface area contributed by atoms with Crippen molar-refractivity contribution in [3.8, 4) is 0 Å². The van der Waals surface area contributed by atoms with Gasteiger partial charge in [-0.15, -0.1) is 0 Å². The first kappa shape index (κ1) is 7.55. The summed E-state index contributed by atoms with van der Waals surface area (Å²) in [7, 11) is 2.09. The molecule has 0 atom stereocenters. The Morgan fingerprint density at radius 2 is 2.25 bits per heavy atom. The fraction of sp³-hybridized carbons (Fsp3) is 0.444. The Hall–Kier alpha value is -1.09. The van der Waals surface area contributed by atoms with Gasteiger partial charge in [-0.2, -0.15) is 0 Å². The molecule has 2 heterocycles. The summed E-state index contributed by atoms with van der Waals surface area (Å²) < 4.78 is 0. The number of fused-ring (bicyclic) bond motifs is 1. The van der Waals surface area contributed by atoms with E-state index in [9.17, 15) is 0 Å². The van der Waals surface area contributed by atoms with Gasteiger partial charge in [0, 0.05) is 19.3 Å². The Bertz CT molecular complexity index is 320. The van der Waals surface area contributed by atoms with Crippen molar-refractivity contribution in [3.63, 3.8) is 0 Å². The maximum absolute atomic E-state index is 5.91. The molecule has 0 amide bonds. The molecule has 0 spiro atoms. The average molecular weight is 163 g/mol. The summed E-state index contributed by atoms with van der Waals surface area (Å²) in [6.07, 6.45) is 1.94. The van der Waals surface area contributed by atoms with Crippen LogP contribution >= 0.6 is 0 Å². The van der Waals surface area contributed by atoms with Gasteiger partial charge in [-0.25, -0.2) is 0 Å². The molecule has 0 aliphatic carbocycles. The second-order valence-corrected chi connectivity index (χ2v) is 3.43. The summed E-state index contributed by atoms with van der Waals surface area (Å²) in [4.78, 5) is 6.47.